The minimum atomic E-state index is -0.250. The van der Waals surface area contributed by atoms with Gasteiger partial charge in [0.05, 0.1) is 26.1 Å². The SMILES string of the molecule is CC#C[C@@H](CC(=O)OC)c1ccc(OC[C@@H](C)CC)cc1. The molecule has 0 bridgehead atoms. The van der Waals surface area contributed by atoms with Crippen LogP contribution in [0.2, 0.25) is 0 Å². The first-order valence-corrected chi connectivity index (χ1v) is 7.32. The summed E-state index contributed by atoms with van der Waals surface area (Å²) in [5.74, 6) is 6.93. The highest BCUT2D eigenvalue weighted by atomic mass is 16.5. The van der Waals surface area contributed by atoms with E-state index in [1.165, 1.54) is 7.11 Å². The molecule has 0 saturated heterocycles. The molecule has 1 rings (SSSR count). The number of benzene rings is 1. The fraction of sp³-hybridized carbons (Fsp3) is 0.500. The van der Waals surface area contributed by atoms with E-state index in [-0.39, 0.29) is 18.3 Å². The van der Waals surface area contributed by atoms with Crippen LogP contribution in [0.15, 0.2) is 24.3 Å². The molecule has 1 aromatic carbocycles. The Balaban J connectivity index is 2.72. The molecule has 3 nitrogen and oxygen atoms in total. The van der Waals surface area contributed by atoms with Crippen LogP contribution in [0.1, 0.15) is 45.1 Å². The fourth-order valence-corrected chi connectivity index (χ4v) is 1.83. The van der Waals surface area contributed by atoms with Crippen LogP contribution in [0, 0.1) is 17.8 Å². The zero-order valence-corrected chi connectivity index (χ0v) is 13.3. The Labute approximate surface area is 127 Å². The second-order valence-corrected chi connectivity index (χ2v) is 5.12. The lowest BCUT2D eigenvalue weighted by atomic mass is 9.96. The van der Waals surface area contributed by atoms with Crippen LogP contribution in [0.4, 0.5) is 0 Å². The Hall–Kier alpha value is -1.95. The maximum atomic E-state index is 11.4. The van der Waals surface area contributed by atoms with Crippen molar-refractivity contribution in [2.24, 2.45) is 5.92 Å². The lowest BCUT2D eigenvalue weighted by Gasteiger charge is -2.13. The molecule has 2 atom stereocenters. The molecule has 0 fully saturated rings. The molecule has 0 N–H and O–H groups in total. The van der Waals surface area contributed by atoms with Crippen LogP contribution in [-0.4, -0.2) is 19.7 Å². The van der Waals surface area contributed by atoms with Crippen molar-refractivity contribution >= 4 is 5.97 Å². The molecule has 0 amide bonds. The summed E-state index contributed by atoms with van der Waals surface area (Å²) in [4.78, 5) is 11.4. The fourth-order valence-electron chi connectivity index (χ4n) is 1.83. The van der Waals surface area contributed by atoms with E-state index in [4.69, 9.17) is 9.47 Å². The maximum Gasteiger partial charge on any atom is 0.307 e. The molecule has 0 spiro atoms. The molecule has 114 valence electrons. The monoisotopic (exact) mass is 288 g/mol. The van der Waals surface area contributed by atoms with Gasteiger partial charge < -0.3 is 9.47 Å². The van der Waals surface area contributed by atoms with Crippen LogP contribution in [0.3, 0.4) is 0 Å². The summed E-state index contributed by atoms with van der Waals surface area (Å²) >= 11 is 0. The smallest absolute Gasteiger partial charge is 0.307 e. The Morgan fingerprint density at radius 1 is 1.29 bits per heavy atom. The highest BCUT2D eigenvalue weighted by Crippen LogP contribution is 2.23. The minimum Gasteiger partial charge on any atom is -0.493 e. The Morgan fingerprint density at radius 3 is 2.48 bits per heavy atom. The van der Waals surface area contributed by atoms with Crippen LogP contribution in [-0.2, 0) is 9.53 Å². The lowest BCUT2D eigenvalue weighted by Crippen LogP contribution is -2.08. The predicted molar refractivity (Wildman–Crippen MR) is 84.2 cm³/mol. The van der Waals surface area contributed by atoms with Crippen molar-refractivity contribution in [1.82, 2.24) is 0 Å². The molecular formula is C18H24O3. The molecule has 0 heterocycles. The molecule has 0 unspecified atom stereocenters. The van der Waals surface area contributed by atoms with Gasteiger partial charge in [0.25, 0.3) is 0 Å². The van der Waals surface area contributed by atoms with Crippen molar-refractivity contribution in [2.75, 3.05) is 13.7 Å². The van der Waals surface area contributed by atoms with Gasteiger partial charge in [0, 0.05) is 0 Å². The van der Waals surface area contributed by atoms with Crippen LogP contribution >= 0.6 is 0 Å². The van der Waals surface area contributed by atoms with Gasteiger partial charge in [0.2, 0.25) is 0 Å². The highest BCUT2D eigenvalue weighted by molar-refractivity contribution is 5.71. The number of methoxy groups -OCH3 is 1. The standard InChI is InChI=1S/C18H24O3/c1-5-7-16(12-18(19)20-4)15-8-10-17(11-9-15)21-13-14(3)6-2/h8-11,14,16H,6,12-13H2,1-4H3/t14-,16-/m0/s1. The second-order valence-electron chi connectivity index (χ2n) is 5.12. The number of carbonyl (C=O) groups excluding carboxylic acids is 1. The molecular weight excluding hydrogens is 264 g/mol. The summed E-state index contributed by atoms with van der Waals surface area (Å²) in [6, 6.07) is 7.78. The summed E-state index contributed by atoms with van der Waals surface area (Å²) in [7, 11) is 1.39. The van der Waals surface area contributed by atoms with Crippen molar-refractivity contribution in [2.45, 2.75) is 39.5 Å². The van der Waals surface area contributed by atoms with Gasteiger partial charge in [0.1, 0.15) is 5.75 Å². The summed E-state index contributed by atoms with van der Waals surface area (Å²) in [5, 5.41) is 0. The summed E-state index contributed by atoms with van der Waals surface area (Å²) < 4.78 is 10.4. The molecule has 3 heteroatoms. The third kappa shape index (κ3) is 5.91. The van der Waals surface area contributed by atoms with Crippen LogP contribution in [0.25, 0.3) is 0 Å². The molecule has 0 aromatic heterocycles. The minimum absolute atomic E-state index is 0.133. The van der Waals surface area contributed by atoms with E-state index in [1.54, 1.807) is 6.92 Å². The van der Waals surface area contributed by atoms with E-state index >= 15 is 0 Å². The van der Waals surface area contributed by atoms with Crippen LogP contribution in [0.5, 0.6) is 5.75 Å². The van der Waals surface area contributed by atoms with Gasteiger partial charge in [-0.2, -0.15) is 0 Å². The topological polar surface area (TPSA) is 35.5 Å². The van der Waals surface area contributed by atoms with Crippen LogP contribution < -0.4 is 4.74 Å². The Kier molecular flexibility index (Phi) is 7.39. The second kappa shape index (κ2) is 9.07. The average molecular weight is 288 g/mol. The zero-order chi connectivity index (χ0) is 15.7. The first-order chi connectivity index (χ1) is 10.1. The molecule has 1 aromatic rings. The Bertz CT molecular complexity index is 493. The van der Waals surface area contributed by atoms with E-state index < -0.39 is 0 Å². The van der Waals surface area contributed by atoms with Crippen molar-refractivity contribution in [3.8, 4) is 17.6 Å². The average Bonchev–Trinajstić information content (AvgIpc) is 2.52. The van der Waals surface area contributed by atoms with E-state index in [9.17, 15) is 4.79 Å². The molecule has 0 aliphatic carbocycles. The van der Waals surface area contributed by atoms with Crippen molar-refractivity contribution < 1.29 is 14.3 Å². The number of hydrogen-bond donors (Lipinski definition) is 0. The van der Waals surface area contributed by atoms with E-state index in [2.05, 4.69) is 25.7 Å². The van der Waals surface area contributed by atoms with E-state index in [0.29, 0.717) is 5.92 Å². The van der Waals surface area contributed by atoms with Crippen molar-refractivity contribution in [3.05, 3.63) is 29.8 Å². The quantitative estimate of drug-likeness (QED) is 0.566. The molecule has 0 aliphatic rings. The summed E-state index contributed by atoms with van der Waals surface area (Å²) in [5.41, 5.74) is 1.01. The van der Waals surface area contributed by atoms with Gasteiger partial charge in [-0.3, -0.25) is 4.79 Å². The maximum absolute atomic E-state index is 11.4. The molecule has 21 heavy (non-hydrogen) atoms. The third-order valence-electron chi connectivity index (χ3n) is 3.43. The Morgan fingerprint density at radius 2 is 1.95 bits per heavy atom. The number of carbonyl (C=O) groups is 1. The highest BCUT2D eigenvalue weighted by Gasteiger charge is 2.14. The number of rotatable bonds is 7. The van der Waals surface area contributed by atoms with Gasteiger partial charge in [-0.05, 0) is 30.5 Å². The largest absolute Gasteiger partial charge is 0.493 e. The van der Waals surface area contributed by atoms with Gasteiger partial charge in [-0.1, -0.05) is 38.3 Å². The van der Waals surface area contributed by atoms with Gasteiger partial charge in [0.15, 0.2) is 0 Å². The molecule has 0 aliphatic heterocycles. The summed E-state index contributed by atoms with van der Waals surface area (Å²) in [6.07, 6.45) is 1.37. The van der Waals surface area contributed by atoms with Gasteiger partial charge >= 0.3 is 5.97 Å². The van der Waals surface area contributed by atoms with E-state index in [1.807, 2.05) is 24.3 Å². The van der Waals surface area contributed by atoms with Gasteiger partial charge in [-0.15, -0.1) is 5.92 Å². The van der Waals surface area contributed by atoms with Gasteiger partial charge in [-0.25, -0.2) is 0 Å². The number of hydrogen-bond acceptors (Lipinski definition) is 3. The number of ether oxygens (including phenoxy) is 2. The third-order valence-corrected chi connectivity index (χ3v) is 3.43. The summed E-state index contributed by atoms with van der Waals surface area (Å²) in [6.45, 7) is 6.81. The van der Waals surface area contributed by atoms with Crippen molar-refractivity contribution in [1.29, 1.82) is 0 Å². The molecule has 0 radical (unpaired) electrons. The van der Waals surface area contributed by atoms with E-state index in [0.717, 1.165) is 24.3 Å². The zero-order valence-electron chi connectivity index (χ0n) is 13.3. The first-order valence-electron chi connectivity index (χ1n) is 7.32. The molecule has 0 saturated carbocycles. The van der Waals surface area contributed by atoms with Crippen molar-refractivity contribution in [3.63, 3.8) is 0 Å². The first kappa shape index (κ1) is 17.1. The number of esters is 1. The lowest BCUT2D eigenvalue weighted by molar-refractivity contribution is -0.140. The normalized spacial score (nSPS) is 12.8. The predicted octanol–water partition coefficient (Wildman–Crippen LogP) is 3.78.